The molecule has 7 heteroatoms. The lowest BCUT2D eigenvalue weighted by Crippen LogP contribution is -2.35. The number of fused-ring (bicyclic) bond motifs is 1. The Kier molecular flexibility index (Phi) is 3.40. The lowest BCUT2D eigenvalue weighted by molar-refractivity contribution is -0.134. The molecule has 1 unspecified atom stereocenters. The molecular weight excluding hydrogens is 280 g/mol. The van der Waals surface area contributed by atoms with Crippen LogP contribution in [0.3, 0.4) is 0 Å². The van der Waals surface area contributed by atoms with Gasteiger partial charge in [0.05, 0.1) is 11.6 Å². The summed E-state index contributed by atoms with van der Waals surface area (Å²) in [4.78, 5) is 22.9. The van der Waals surface area contributed by atoms with E-state index >= 15 is 0 Å². The number of rotatable bonds is 3. The van der Waals surface area contributed by atoms with Crippen LogP contribution in [0.4, 0.5) is 5.82 Å². The third-order valence-corrected chi connectivity index (χ3v) is 4.79. The highest BCUT2D eigenvalue weighted by Crippen LogP contribution is 2.28. The lowest BCUT2D eigenvalue weighted by atomic mass is 10.1. The van der Waals surface area contributed by atoms with Crippen molar-refractivity contribution < 1.29 is 4.79 Å². The van der Waals surface area contributed by atoms with E-state index in [0.717, 1.165) is 49.2 Å². The standard InChI is InChI=1S/C15H20N6O/c22-15(10-3-1-2-4-10)21-6-5-11(8-21)19-13-12-7-18-20-14(12)17-9-16-13/h7,9-11H,1-6,8H2,(H2,16,17,18,19,20). The summed E-state index contributed by atoms with van der Waals surface area (Å²) in [7, 11) is 0. The Bertz CT molecular complexity index is 677. The van der Waals surface area contributed by atoms with Crippen LogP contribution in [0.2, 0.25) is 0 Å². The predicted molar refractivity (Wildman–Crippen MR) is 82.2 cm³/mol. The summed E-state index contributed by atoms with van der Waals surface area (Å²) >= 11 is 0. The minimum Gasteiger partial charge on any atom is -0.365 e. The Morgan fingerprint density at radius 1 is 1.27 bits per heavy atom. The van der Waals surface area contributed by atoms with E-state index in [1.807, 2.05) is 4.90 Å². The second-order valence-electron chi connectivity index (χ2n) is 6.25. The highest BCUT2D eigenvalue weighted by atomic mass is 16.2. The molecule has 2 fully saturated rings. The number of H-pyrrole nitrogens is 1. The first kappa shape index (κ1) is 13.5. The molecule has 2 aliphatic rings. The fourth-order valence-corrected chi connectivity index (χ4v) is 3.58. The van der Waals surface area contributed by atoms with Crippen molar-refractivity contribution in [2.75, 3.05) is 18.4 Å². The molecule has 22 heavy (non-hydrogen) atoms. The van der Waals surface area contributed by atoms with E-state index in [4.69, 9.17) is 0 Å². The van der Waals surface area contributed by atoms with Crippen molar-refractivity contribution >= 4 is 22.8 Å². The van der Waals surface area contributed by atoms with Gasteiger partial charge in [0.2, 0.25) is 5.91 Å². The van der Waals surface area contributed by atoms with Gasteiger partial charge in [0, 0.05) is 25.0 Å². The lowest BCUT2D eigenvalue weighted by Gasteiger charge is -2.20. The zero-order valence-electron chi connectivity index (χ0n) is 12.5. The van der Waals surface area contributed by atoms with E-state index in [2.05, 4.69) is 25.5 Å². The van der Waals surface area contributed by atoms with Gasteiger partial charge in [-0.05, 0) is 19.3 Å². The SMILES string of the molecule is O=C(C1CCCC1)N1CCC(Nc2ncnc3[nH]ncc23)C1. The molecule has 0 radical (unpaired) electrons. The average molecular weight is 300 g/mol. The van der Waals surface area contributed by atoms with Crippen LogP contribution in [-0.2, 0) is 4.79 Å². The number of carbonyl (C=O) groups excluding carboxylic acids is 1. The van der Waals surface area contributed by atoms with Crippen LogP contribution in [0.1, 0.15) is 32.1 Å². The highest BCUT2D eigenvalue weighted by molar-refractivity contribution is 5.85. The Labute approximate surface area is 128 Å². The maximum absolute atomic E-state index is 12.5. The molecule has 0 spiro atoms. The quantitative estimate of drug-likeness (QED) is 0.898. The topological polar surface area (TPSA) is 86.8 Å². The summed E-state index contributed by atoms with van der Waals surface area (Å²) in [5, 5.41) is 11.2. The third kappa shape index (κ3) is 2.40. The normalized spacial score (nSPS) is 22.5. The smallest absolute Gasteiger partial charge is 0.225 e. The van der Waals surface area contributed by atoms with Gasteiger partial charge in [0.25, 0.3) is 0 Å². The van der Waals surface area contributed by atoms with Crippen LogP contribution in [0.5, 0.6) is 0 Å². The van der Waals surface area contributed by atoms with E-state index < -0.39 is 0 Å². The second-order valence-corrected chi connectivity index (χ2v) is 6.25. The molecule has 1 aliphatic carbocycles. The molecule has 1 saturated carbocycles. The monoisotopic (exact) mass is 300 g/mol. The summed E-state index contributed by atoms with van der Waals surface area (Å²) < 4.78 is 0. The van der Waals surface area contributed by atoms with E-state index in [-0.39, 0.29) is 12.0 Å². The molecule has 1 saturated heterocycles. The molecule has 3 heterocycles. The number of anilines is 1. The van der Waals surface area contributed by atoms with Crippen LogP contribution < -0.4 is 5.32 Å². The van der Waals surface area contributed by atoms with Crippen LogP contribution in [-0.4, -0.2) is 50.1 Å². The zero-order chi connectivity index (χ0) is 14.9. The Balaban J connectivity index is 1.42. The molecule has 116 valence electrons. The fraction of sp³-hybridized carbons (Fsp3) is 0.600. The summed E-state index contributed by atoms with van der Waals surface area (Å²) in [5.41, 5.74) is 0.731. The molecule has 4 rings (SSSR count). The molecule has 2 aromatic rings. The van der Waals surface area contributed by atoms with Crippen molar-refractivity contribution in [3.8, 4) is 0 Å². The second kappa shape index (κ2) is 5.55. The summed E-state index contributed by atoms with van der Waals surface area (Å²) in [6.45, 7) is 1.60. The summed E-state index contributed by atoms with van der Waals surface area (Å²) in [6, 6.07) is 0.248. The minimum atomic E-state index is 0.248. The third-order valence-electron chi connectivity index (χ3n) is 4.79. The van der Waals surface area contributed by atoms with Gasteiger partial charge in [-0.1, -0.05) is 12.8 Å². The van der Waals surface area contributed by atoms with Gasteiger partial charge in [0.1, 0.15) is 12.1 Å². The molecule has 7 nitrogen and oxygen atoms in total. The highest BCUT2D eigenvalue weighted by Gasteiger charge is 2.32. The Morgan fingerprint density at radius 2 is 2.14 bits per heavy atom. The molecule has 0 bridgehead atoms. The van der Waals surface area contributed by atoms with Crippen LogP contribution >= 0.6 is 0 Å². The molecule has 2 aromatic heterocycles. The first-order valence-corrected chi connectivity index (χ1v) is 8.00. The average Bonchev–Trinajstić information content (AvgIpc) is 3.28. The van der Waals surface area contributed by atoms with Crippen molar-refractivity contribution in [1.29, 1.82) is 0 Å². The van der Waals surface area contributed by atoms with Crippen molar-refractivity contribution in [2.45, 2.75) is 38.1 Å². The largest absolute Gasteiger partial charge is 0.365 e. The van der Waals surface area contributed by atoms with Gasteiger partial charge in [0.15, 0.2) is 5.65 Å². The number of hydrogen-bond donors (Lipinski definition) is 2. The van der Waals surface area contributed by atoms with Crippen molar-refractivity contribution in [1.82, 2.24) is 25.1 Å². The Hall–Kier alpha value is -2.18. The number of carbonyl (C=O) groups is 1. The first-order valence-electron chi connectivity index (χ1n) is 8.00. The molecular formula is C15H20N6O. The van der Waals surface area contributed by atoms with Gasteiger partial charge in [-0.3, -0.25) is 9.89 Å². The van der Waals surface area contributed by atoms with E-state index in [1.165, 1.54) is 19.2 Å². The van der Waals surface area contributed by atoms with Gasteiger partial charge >= 0.3 is 0 Å². The van der Waals surface area contributed by atoms with Crippen LogP contribution in [0, 0.1) is 5.92 Å². The number of nitrogens with zero attached hydrogens (tertiary/aromatic N) is 4. The van der Waals surface area contributed by atoms with Crippen molar-refractivity contribution in [2.24, 2.45) is 5.92 Å². The van der Waals surface area contributed by atoms with Gasteiger partial charge in [-0.15, -0.1) is 0 Å². The van der Waals surface area contributed by atoms with Crippen LogP contribution in [0.25, 0.3) is 11.0 Å². The fourth-order valence-electron chi connectivity index (χ4n) is 3.58. The van der Waals surface area contributed by atoms with Gasteiger partial charge in [-0.2, -0.15) is 5.10 Å². The molecule has 0 aromatic carbocycles. The number of hydrogen-bond acceptors (Lipinski definition) is 5. The van der Waals surface area contributed by atoms with Crippen molar-refractivity contribution in [3.05, 3.63) is 12.5 Å². The molecule has 1 amide bonds. The molecule has 1 atom stereocenters. The maximum atomic E-state index is 12.5. The van der Waals surface area contributed by atoms with Crippen LogP contribution in [0.15, 0.2) is 12.5 Å². The Morgan fingerprint density at radius 3 is 3.00 bits per heavy atom. The minimum absolute atomic E-state index is 0.248. The van der Waals surface area contributed by atoms with E-state index in [1.54, 1.807) is 6.20 Å². The summed E-state index contributed by atoms with van der Waals surface area (Å²) in [5.74, 6) is 1.40. The number of aromatic amines is 1. The first-order chi connectivity index (χ1) is 10.8. The van der Waals surface area contributed by atoms with Gasteiger partial charge in [-0.25, -0.2) is 9.97 Å². The number of amides is 1. The summed E-state index contributed by atoms with van der Waals surface area (Å²) in [6.07, 6.45) is 8.75. The molecule has 2 N–H and O–H groups in total. The van der Waals surface area contributed by atoms with Gasteiger partial charge < -0.3 is 10.2 Å². The predicted octanol–water partition coefficient (Wildman–Crippen LogP) is 1.56. The molecule has 1 aliphatic heterocycles. The maximum Gasteiger partial charge on any atom is 0.225 e. The van der Waals surface area contributed by atoms with E-state index in [0.29, 0.717) is 5.91 Å². The van der Waals surface area contributed by atoms with Crippen molar-refractivity contribution in [3.63, 3.8) is 0 Å². The number of nitrogens with one attached hydrogen (secondary N) is 2. The number of likely N-dealkylation sites (tertiary alicyclic amines) is 1. The number of aromatic nitrogens is 4. The van der Waals surface area contributed by atoms with E-state index in [9.17, 15) is 4.79 Å². The zero-order valence-corrected chi connectivity index (χ0v) is 12.5.